The topological polar surface area (TPSA) is 22.1 Å². The van der Waals surface area contributed by atoms with Gasteiger partial charge in [0.1, 0.15) is 0 Å². The van der Waals surface area contributed by atoms with Gasteiger partial charge in [0.05, 0.1) is 0 Å². The van der Waals surface area contributed by atoms with E-state index in [1.165, 1.54) is 6.20 Å². The number of ether oxygens (including phenoxy) is 1. The Kier molecular flexibility index (Phi) is 3.61. The van der Waals surface area contributed by atoms with Crippen LogP contribution in [0.2, 0.25) is 0 Å². The Morgan fingerprint density at radius 2 is 1.83 bits per heavy atom. The normalized spacial score (nSPS) is 11.8. The lowest BCUT2D eigenvalue weighted by Gasteiger charge is -2.11. The van der Waals surface area contributed by atoms with Gasteiger partial charge < -0.3 is 4.74 Å². The first-order valence-electron chi connectivity index (χ1n) is 5.13. The van der Waals surface area contributed by atoms with E-state index in [-0.39, 0.29) is 11.8 Å². The van der Waals surface area contributed by atoms with Crippen molar-refractivity contribution < 1.29 is 17.9 Å². The molecule has 18 heavy (non-hydrogen) atoms. The van der Waals surface area contributed by atoms with Crippen molar-refractivity contribution in [2.24, 2.45) is 0 Å². The van der Waals surface area contributed by atoms with Crippen LogP contribution >= 0.6 is 11.6 Å². The molecule has 0 N–H and O–H groups in total. The second-order valence-electron chi connectivity index (χ2n) is 3.67. The molecule has 96 valence electrons. The molecular weight excluding hydrogens is 267 g/mol. The Morgan fingerprint density at radius 3 is 2.44 bits per heavy atom. The van der Waals surface area contributed by atoms with E-state index in [1.807, 2.05) is 0 Å². The lowest BCUT2D eigenvalue weighted by molar-refractivity contribution is -0.153. The Hall–Kier alpha value is -1.49. The Morgan fingerprint density at radius 1 is 1.17 bits per heavy atom. The highest BCUT2D eigenvalue weighted by Gasteiger charge is 2.29. The number of aromatic nitrogens is 1. The molecular formula is C12H9ClF3NO. The van der Waals surface area contributed by atoms with Crippen LogP contribution in [-0.2, 0) is 5.88 Å². The summed E-state index contributed by atoms with van der Waals surface area (Å²) in [5, 5.41) is 1.28. The lowest BCUT2D eigenvalue weighted by atomic mass is 10.1. The first-order chi connectivity index (χ1) is 8.51. The first kappa shape index (κ1) is 13.0. The van der Waals surface area contributed by atoms with E-state index in [4.69, 9.17) is 16.3 Å². The summed E-state index contributed by atoms with van der Waals surface area (Å²) >= 11 is 5.75. The zero-order valence-electron chi connectivity index (χ0n) is 9.17. The molecule has 0 saturated carbocycles. The van der Waals surface area contributed by atoms with Gasteiger partial charge >= 0.3 is 6.18 Å². The molecule has 2 rings (SSSR count). The molecule has 2 aromatic rings. The molecule has 0 atom stereocenters. The quantitative estimate of drug-likeness (QED) is 0.792. The summed E-state index contributed by atoms with van der Waals surface area (Å²) in [5.74, 6) is 0.212. The van der Waals surface area contributed by atoms with Crippen LogP contribution in [0.1, 0.15) is 5.56 Å². The number of rotatable bonds is 3. The van der Waals surface area contributed by atoms with Crippen LogP contribution in [0.25, 0.3) is 10.8 Å². The zero-order chi connectivity index (χ0) is 13.2. The number of alkyl halides is 4. The molecule has 0 aliphatic rings. The minimum absolute atomic E-state index is 0.0307. The van der Waals surface area contributed by atoms with Crippen LogP contribution in [0, 0.1) is 0 Å². The highest BCUT2D eigenvalue weighted by Crippen LogP contribution is 2.28. The standard InChI is InChI=1S/C12H9ClF3NO/c13-5-8-6-17-11(18-7-12(14,15)16)10-4-2-1-3-9(8)10/h1-4,6H,5,7H2. The maximum Gasteiger partial charge on any atom is 0.422 e. The summed E-state index contributed by atoms with van der Waals surface area (Å²) in [6.07, 6.45) is -2.95. The first-order valence-corrected chi connectivity index (χ1v) is 5.67. The lowest BCUT2D eigenvalue weighted by Crippen LogP contribution is -2.19. The Bertz CT molecular complexity index is 557. The number of hydrogen-bond donors (Lipinski definition) is 0. The number of pyridine rings is 1. The number of benzene rings is 1. The van der Waals surface area contributed by atoms with E-state index in [9.17, 15) is 13.2 Å². The van der Waals surface area contributed by atoms with Gasteiger partial charge in [0.2, 0.25) is 5.88 Å². The summed E-state index contributed by atoms with van der Waals surface area (Å²) in [7, 11) is 0. The number of nitrogens with zero attached hydrogens (tertiary/aromatic N) is 1. The fourth-order valence-electron chi connectivity index (χ4n) is 1.60. The second kappa shape index (κ2) is 5.02. The van der Waals surface area contributed by atoms with Crippen LogP contribution in [0.4, 0.5) is 13.2 Å². The van der Waals surface area contributed by atoms with Crippen molar-refractivity contribution in [2.75, 3.05) is 6.61 Å². The fourth-order valence-corrected chi connectivity index (χ4v) is 1.81. The van der Waals surface area contributed by atoms with Crippen molar-refractivity contribution in [3.8, 4) is 5.88 Å². The van der Waals surface area contributed by atoms with Gasteiger partial charge in [-0.2, -0.15) is 13.2 Å². The van der Waals surface area contributed by atoms with Gasteiger partial charge in [-0.3, -0.25) is 0 Å². The van der Waals surface area contributed by atoms with Gasteiger partial charge in [0, 0.05) is 17.5 Å². The van der Waals surface area contributed by atoms with Gasteiger partial charge in [-0.05, 0) is 17.0 Å². The molecule has 0 spiro atoms. The van der Waals surface area contributed by atoms with Crippen molar-refractivity contribution in [1.29, 1.82) is 0 Å². The van der Waals surface area contributed by atoms with Crippen molar-refractivity contribution in [2.45, 2.75) is 12.1 Å². The van der Waals surface area contributed by atoms with E-state index >= 15 is 0 Å². The van der Waals surface area contributed by atoms with Crippen molar-refractivity contribution in [3.63, 3.8) is 0 Å². The predicted octanol–water partition coefficient (Wildman–Crippen LogP) is 3.91. The third kappa shape index (κ3) is 2.85. The summed E-state index contributed by atoms with van der Waals surface area (Å²) in [4.78, 5) is 3.87. The molecule has 1 aromatic carbocycles. The van der Waals surface area contributed by atoms with Crippen LogP contribution in [0.15, 0.2) is 30.5 Å². The van der Waals surface area contributed by atoms with Gasteiger partial charge in [-0.25, -0.2) is 4.98 Å². The third-order valence-corrected chi connectivity index (χ3v) is 2.65. The maximum atomic E-state index is 12.1. The monoisotopic (exact) mass is 275 g/mol. The third-order valence-electron chi connectivity index (χ3n) is 2.36. The van der Waals surface area contributed by atoms with Gasteiger partial charge in [-0.1, -0.05) is 18.2 Å². The summed E-state index contributed by atoms with van der Waals surface area (Å²) in [6, 6.07) is 6.92. The SMILES string of the molecule is FC(F)(F)COc1ncc(CCl)c2ccccc12. The van der Waals surface area contributed by atoms with Crippen LogP contribution in [-0.4, -0.2) is 17.8 Å². The number of hydrogen-bond acceptors (Lipinski definition) is 2. The molecule has 0 saturated heterocycles. The van der Waals surface area contributed by atoms with E-state index in [0.29, 0.717) is 5.39 Å². The summed E-state index contributed by atoms with van der Waals surface area (Å²) in [5.41, 5.74) is 0.756. The molecule has 1 heterocycles. The van der Waals surface area contributed by atoms with E-state index in [1.54, 1.807) is 24.3 Å². The van der Waals surface area contributed by atoms with Crippen molar-refractivity contribution >= 4 is 22.4 Å². The van der Waals surface area contributed by atoms with Crippen LogP contribution in [0.5, 0.6) is 5.88 Å². The Labute approximate surface area is 106 Å². The Balaban J connectivity index is 2.40. The van der Waals surface area contributed by atoms with E-state index in [0.717, 1.165) is 10.9 Å². The van der Waals surface area contributed by atoms with Gasteiger partial charge in [-0.15, -0.1) is 11.6 Å². The molecule has 0 aliphatic heterocycles. The van der Waals surface area contributed by atoms with Crippen LogP contribution in [0.3, 0.4) is 0 Å². The zero-order valence-corrected chi connectivity index (χ0v) is 9.92. The van der Waals surface area contributed by atoms with Crippen LogP contribution < -0.4 is 4.74 Å². The molecule has 0 radical (unpaired) electrons. The van der Waals surface area contributed by atoms with Crippen molar-refractivity contribution in [3.05, 3.63) is 36.0 Å². The molecule has 0 amide bonds. The molecule has 0 aliphatic carbocycles. The maximum absolute atomic E-state index is 12.1. The molecule has 2 nitrogen and oxygen atoms in total. The van der Waals surface area contributed by atoms with Gasteiger partial charge in [0.25, 0.3) is 0 Å². The minimum atomic E-state index is -4.38. The molecule has 1 aromatic heterocycles. The predicted molar refractivity (Wildman–Crippen MR) is 62.9 cm³/mol. The largest absolute Gasteiger partial charge is 0.468 e. The summed E-state index contributed by atoms with van der Waals surface area (Å²) in [6.45, 7) is -1.36. The average Bonchev–Trinajstić information content (AvgIpc) is 2.35. The molecule has 0 fully saturated rings. The highest BCUT2D eigenvalue weighted by atomic mass is 35.5. The number of fused-ring (bicyclic) bond motifs is 1. The van der Waals surface area contributed by atoms with E-state index < -0.39 is 12.8 Å². The second-order valence-corrected chi connectivity index (χ2v) is 3.94. The fraction of sp³-hybridized carbons (Fsp3) is 0.250. The average molecular weight is 276 g/mol. The number of halogens is 4. The minimum Gasteiger partial charge on any atom is -0.468 e. The van der Waals surface area contributed by atoms with Gasteiger partial charge in [0.15, 0.2) is 6.61 Å². The highest BCUT2D eigenvalue weighted by molar-refractivity contribution is 6.18. The molecule has 6 heteroatoms. The molecule has 0 unspecified atom stereocenters. The smallest absolute Gasteiger partial charge is 0.422 e. The van der Waals surface area contributed by atoms with Crippen molar-refractivity contribution in [1.82, 2.24) is 4.98 Å². The molecule has 0 bridgehead atoms. The van der Waals surface area contributed by atoms with E-state index in [2.05, 4.69) is 4.98 Å². The summed E-state index contributed by atoms with van der Waals surface area (Å²) < 4.78 is 41.0.